The molecule has 1 saturated carbocycles. The highest BCUT2D eigenvalue weighted by molar-refractivity contribution is 5.81. The second-order valence-corrected chi connectivity index (χ2v) is 7.78. The molecule has 21 heavy (non-hydrogen) atoms. The second kappa shape index (κ2) is 5.47. The summed E-state index contributed by atoms with van der Waals surface area (Å²) in [6.45, 7) is 7.88. The zero-order chi connectivity index (χ0) is 15.0. The van der Waals surface area contributed by atoms with Gasteiger partial charge in [0, 0.05) is 24.4 Å². The molecule has 1 heterocycles. The fourth-order valence-electron chi connectivity index (χ4n) is 3.39. The minimum Gasteiger partial charge on any atom is -0.342 e. The maximum Gasteiger partial charge on any atom is 0.227 e. The fourth-order valence-corrected chi connectivity index (χ4v) is 3.39. The Labute approximate surface area is 128 Å². The van der Waals surface area contributed by atoms with E-state index in [0.29, 0.717) is 11.8 Å². The molecule has 3 rings (SSSR count). The van der Waals surface area contributed by atoms with Gasteiger partial charge in [0.1, 0.15) is 0 Å². The van der Waals surface area contributed by atoms with Crippen LogP contribution in [-0.4, -0.2) is 23.9 Å². The van der Waals surface area contributed by atoms with Crippen LogP contribution >= 0.6 is 0 Å². The maximum absolute atomic E-state index is 12.5. The van der Waals surface area contributed by atoms with Gasteiger partial charge < -0.3 is 4.90 Å². The normalized spacial score (nSPS) is 23.2. The Morgan fingerprint density at radius 1 is 1.10 bits per heavy atom. The number of amides is 1. The summed E-state index contributed by atoms with van der Waals surface area (Å²) in [5.74, 6) is 1.62. The van der Waals surface area contributed by atoms with Crippen LogP contribution in [0.15, 0.2) is 24.3 Å². The molecule has 0 spiro atoms. The van der Waals surface area contributed by atoms with Crippen molar-refractivity contribution in [2.75, 3.05) is 13.1 Å². The Bertz CT molecular complexity index is 525. The van der Waals surface area contributed by atoms with Crippen LogP contribution in [0.1, 0.15) is 69.4 Å². The lowest BCUT2D eigenvalue weighted by Crippen LogP contribution is -2.44. The Kier molecular flexibility index (Phi) is 3.81. The van der Waals surface area contributed by atoms with E-state index in [1.807, 2.05) is 20.8 Å². The van der Waals surface area contributed by atoms with Crippen molar-refractivity contribution in [3.8, 4) is 0 Å². The maximum atomic E-state index is 12.5. The SMILES string of the molecule is CC(C)(C)C(=O)N1CCC[C@@H](c2cccc(C3CC3)c2)C1. The van der Waals surface area contributed by atoms with Crippen molar-refractivity contribution in [2.45, 2.75) is 58.3 Å². The van der Waals surface area contributed by atoms with Crippen molar-refractivity contribution >= 4 is 5.91 Å². The summed E-state index contributed by atoms with van der Waals surface area (Å²) in [6, 6.07) is 9.12. The molecule has 0 aromatic heterocycles. The van der Waals surface area contributed by atoms with Crippen LogP contribution in [0.5, 0.6) is 0 Å². The average molecular weight is 285 g/mol. The summed E-state index contributed by atoms with van der Waals surface area (Å²) in [5.41, 5.74) is 2.68. The molecule has 1 amide bonds. The molecule has 0 radical (unpaired) electrons. The van der Waals surface area contributed by atoms with E-state index in [-0.39, 0.29) is 5.41 Å². The number of likely N-dealkylation sites (tertiary alicyclic amines) is 1. The van der Waals surface area contributed by atoms with Crippen LogP contribution in [0.25, 0.3) is 0 Å². The van der Waals surface area contributed by atoms with Crippen LogP contribution in [0.2, 0.25) is 0 Å². The number of benzene rings is 1. The summed E-state index contributed by atoms with van der Waals surface area (Å²) < 4.78 is 0. The molecule has 2 aliphatic rings. The van der Waals surface area contributed by atoms with Gasteiger partial charge in [-0.05, 0) is 42.7 Å². The molecule has 1 aliphatic heterocycles. The molecule has 1 aromatic rings. The summed E-state index contributed by atoms with van der Waals surface area (Å²) in [6.07, 6.45) is 5.04. The number of hydrogen-bond donors (Lipinski definition) is 0. The first-order valence-electron chi connectivity index (χ1n) is 8.34. The van der Waals surface area contributed by atoms with E-state index in [1.165, 1.54) is 30.4 Å². The molecule has 0 N–H and O–H groups in total. The highest BCUT2D eigenvalue weighted by Crippen LogP contribution is 2.41. The third-order valence-electron chi connectivity index (χ3n) is 4.78. The molecule has 2 fully saturated rings. The van der Waals surface area contributed by atoms with Crippen LogP contribution < -0.4 is 0 Å². The Morgan fingerprint density at radius 2 is 1.76 bits per heavy atom. The van der Waals surface area contributed by atoms with Gasteiger partial charge in [-0.15, -0.1) is 0 Å². The van der Waals surface area contributed by atoms with Crippen molar-refractivity contribution in [1.82, 2.24) is 4.90 Å². The highest BCUT2D eigenvalue weighted by Gasteiger charge is 2.32. The lowest BCUT2D eigenvalue weighted by molar-refractivity contribution is -0.140. The summed E-state index contributed by atoms with van der Waals surface area (Å²) in [7, 11) is 0. The van der Waals surface area contributed by atoms with E-state index < -0.39 is 0 Å². The summed E-state index contributed by atoms with van der Waals surface area (Å²) in [5, 5.41) is 0. The third-order valence-corrected chi connectivity index (χ3v) is 4.78. The summed E-state index contributed by atoms with van der Waals surface area (Å²) in [4.78, 5) is 14.6. The predicted molar refractivity (Wildman–Crippen MR) is 86.4 cm³/mol. The Hall–Kier alpha value is -1.31. The van der Waals surface area contributed by atoms with Gasteiger partial charge in [0.05, 0.1) is 0 Å². The van der Waals surface area contributed by atoms with Crippen molar-refractivity contribution < 1.29 is 4.79 Å². The first-order valence-corrected chi connectivity index (χ1v) is 8.34. The Balaban J connectivity index is 1.73. The molecule has 1 aliphatic carbocycles. The number of nitrogens with zero attached hydrogens (tertiary/aromatic N) is 1. The van der Waals surface area contributed by atoms with Gasteiger partial charge in [-0.2, -0.15) is 0 Å². The van der Waals surface area contributed by atoms with Crippen LogP contribution in [-0.2, 0) is 4.79 Å². The predicted octanol–water partition coefficient (Wildman–Crippen LogP) is 4.32. The molecule has 1 atom stereocenters. The van der Waals surface area contributed by atoms with Crippen LogP contribution in [0, 0.1) is 5.41 Å². The molecule has 1 aromatic carbocycles. The standard InChI is InChI=1S/C19H27NO/c1-19(2,3)18(21)20-11-5-8-17(13-20)16-7-4-6-15(12-16)14-9-10-14/h4,6-7,12,14,17H,5,8-11,13H2,1-3H3/t17-/m1/s1. The monoisotopic (exact) mass is 285 g/mol. The van der Waals surface area contributed by atoms with Crippen LogP contribution in [0.3, 0.4) is 0 Å². The molecular formula is C19H27NO. The van der Waals surface area contributed by atoms with Crippen molar-refractivity contribution in [1.29, 1.82) is 0 Å². The smallest absolute Gasteiger partial charge is 0.227 e. The largest absolute Gasteiger partial charge is 0.342 e. The summed E-state index contributed by atoms with van der Waals surface area (Å²) >= 11 is 0. The van der Waals surface area contributed by atoms with Gasteiger partial charge >= 0.3 is 0 Å². The molecule has 0 bridgehead atoms. The van der Waals surface area contributed by atoms with Crippen LogP contribution in [0.4, 0.5) is 0 Å². The van der Waals surface area contributed by atoms with E-state index in [0.717, 1.165) is 25.4 Å². The quantitative estimate of drug-likeness (QED) is 0.792. The number of piperidine rings is 1. The van der Waals surface area contributed by atoms with E-state index in [4.69, 9.17) is 0 Å². The average Bonchev–Trinajstić information content (AvgIpc) is 3.30. The minimum absolute atomic E-state index is 0.266. The topological polar surface area (TPSA) is 20.3 Å². The lowest BCUT2D eigenvalue weighted by Gasteiger charge is -2.36. The molecule has 1 saturated heterocycles. The minimum atomic E-state index is -0.266. The molecule has 0 unspecified atom stereocenters. The second-order valence-electron chi connectivity index (χ2n) is 7.78. The fraction of sp³-hybridized carbons (Fsp3) is 0.632. The van der Waals surface area contributed by atoms with Crippen molar-refractivity contribution in [3.63, 3.8) is 0 Å². The van der Waals surface area contributed by atoms with Gasteiger partial charge in [-0.3, -0.25) is 4.79 Å². The molecule has 114 valence electrons. The molecule has 2 nitrogen and oxygen atoms in total. The molecule has 2 heteroatoms. The van der Waals surface area contributed by atoms with Gasteiger partial charge in [0.2, 0.25) is 5.91 Å². The van der Waals surface area contributed by atoms with Crippen molar-refractivity contribution in [3.05, 3.63) is 35.4 Å². The Morgan fingerprint density at radius 3 is 2.38 bits per heavy atom. The first kappa shape index (κ1) is 14.6. The van der Waals surface area contributed by atoms with Crippen molar-refractivity contribution in [2.24, 2.45) is 5.41 Å². The zero-order valence-corrected chi connectivity index (χ0v) is 13.6. The number of rotatable bonds is 2. The lowest BCUT2D eigenvalue weighted by atomic mass is 9.87. The first-order chi connectivity index (χ1) is 9.95. The van der Waals surface area contributed by atoms with E-state index in [1.54, 1.807) is 0 Å². The number of hydrogen-bond acceptors (Lipinski definition) is 1. The zero-order valence-electron chi connectivity index (χ0n) is 13.6. The van der Waals surface area contributed by atoms with E-state index >= 15 is 0 Å². The number of carbonyl (C=O) groups excluding carboxylic acids is 1. The molecular weight excluding hydrogens is 258 g/mol. The van der Waals surface area contributed by atoms with E-state index in [2.05, 4.69) is 29.2 Å². The van der Waals surface area contributed by atoms with E-state index in [9.17, 15) is 4.79 Å². The number of carbonyl (C=O) groups is 1. The van der Waals surface area contributed by atoms with Gasteiger partial charge in [0.15, 0.2) is 0 Å². The van der Waals surface area contributed by atoms with Gasteiger partial charge in [0.25, 0.3) is 0 Å². The third kappa shape index (κ3) is 3.30. The van der Waals surface area contributed by atoms with Gasteiger partial charge in [-0.1, -0.05) is 45.0 Å². The van der Waals surface area contributed by atoms with Gasteiger partial charge in [-0.25, -0.2) is 0 Å². The highest BCUT2D eigenvalue weighted by atomic mass is 16.2.